The second kappa shape index (κ2) is 5.65. The second-order valence-corrected chi connectivity index (χ2v) is 4.73. The number of pyridine rings is 1. The molecule has 1 aromatic heterocycles. The first-order valence-corrected chi connectivity index (χ1v) is 6.08. The van der Waals surface area contributed by atoms with Crippen molar-refractivity contribution in [3.05, 3.63) is 29.0 Å². The molecule has 1 N–H and O–H groups in total. The SMILES string of the molecule is COC(=O)C1CC(O)CN1Cc1ccc(Cl)nc1. The van der Waals surface area contributed by atoms with Crippen molar-refractivity contribution in [3.63, 3.8) is 0 Å². The van der Waals surface area contributed by atoms with Gasteiger partial charge in [0.05, 0.1) is 13.2 Å². The van der Waals surface area contributed by atoms with Crippen molar-refractivity contribution in [2.75, 3.05) is 13.7 Å². The van der Waals surface area contributed by atoms with Crippen molar-refractivity contribution in [1.82, 2.24) is 9.88 Å². The lowest BCUT2D eigenvalue weighted by atomic mass is 10.2. The summed E-state index contributed by atoms with van der Waals surface area (Å²) in [5.74, 6) is -0.312. The molecule has 5 nitrogen and oxygen atoms in total. The summed E-state index contributed by atoms with van der Waals surface area (Å²) in [5.41, 5.74) is 0.947. The molecule has 1 aliphatic heterocycles. The Balaban J connectivity index is 2.07. The summed E-state index contributed by atoms with van der Waals surface area (Å²) in [6.07, 6.45) is 1.59. The van der Waals surface area contributed by atoms with Gasteiger partial charge in [0.1, 0.15) is 11.2 Å². The Morgan fingerprint density at radius 3 is 3.06 bits per heavy atom. The molecule has 0 amide bonds. The molecular weight excluding hydrogens is 256 g/mol. The summed E-state index contributed by atoms with van der Waals surface area (Å²) in [6.45, 7) is 1.00. The third kappa shape index (κ3) is 2.98. The van der Waals surface area contributed by atoms with E-state index in [1.165, 1.54) is 7.11 Å². The molecule has 0 saturated carbocycles. The van der Waals surface area contributed by atoms with Crippen LogP contribution < -0.4 is 0 Å². The summed E-state index contributed by atoms with van der Waals surface area (Å²) < 4.78 is 4.74. The van der Waals surface area contributed by atoms with E-state index >= 15 is 0 Å². The van der Waals surface area contributed by atoms with Gasteiger partial charge in [0.15, 0.2) is 0 Å². The normalized spacial score (nSPS) is 24.2. The molecule has 2 unspecified atom stereocenters. The minimum absolute atomic E-state index is 0.312. The maximum atomic E-state index is 11.6. The fourth-order valence-corrected chi connectivity index (χ4v) is 2.28. The van der Waals surface area contributed by atoms with Crippen molar-refractivity contribution in [3.8, 4) is 0 Å². The highest BCUT2D eigenvalue weighted by atomic mass is 35.5. The van der Waals surface area contributed by atoms with Crippen LogP contribution in [-0.4, -0.2) is 46.8 Å². The molecule has 0 spiro atoms. The molecule has 2 heterocycles. The van der Waals surface area contributed by atoms with Crippen LogP contribution in [0.5, 0.6) is 0 Å². The van der Waals surface area contributed by atoms with E-state index in [0.717, 1.165) is 5.56 Å². The topological polar surface area (TPSA) is 62.7 Å². The van der Waals surface area contributed by atoms with E-state index in [1.54, 1.807) is 12.3 Å². The molecule has 0 bridgehead atoms. The predicted molar refractivity (Wildman–Crippen MR) is 66.1 cm³/mol. The summed E-state index contributed by atoms with van der Waals surface area (Å²) >= 11 is 5.71. The highest BCUT2D eigenvalue weighted by molar-refractivity contribution is 6.29. The lowest BCUT2D eigenvalue weighted by molar-refractivity contribution is -0.146. The first kappa shape index (κ1) is 13.3. The van der Waals surface area contributed by atoms with Crippen LogP contribution in [0.4, 0.5) is 0 Å². The Kier molecular flexibility index (Phi) is 4.16. The fourth-order valence-electron chi connectivity index (χ4n) is 2.17. The number of nitrogens with zero attached hydrogens (tertiary/aromatic N) is 2. The zero-order chi connectivity index (χ0) is 13.1. The number of halogens is 1. The smallest absolute Gasteiger partial charge is 0.323 e. The lowest BCUT2D eigenvalue weighted by Crippen LogP contribution is -2.36. The number of carbonyl (C=O) groups excluding carboxylic acids is 1. The van der Waals surface area contributed by atoms with Gasteiger partial charge in [-0.25, -0.2) is 4.98 Å². The molecule has 2 rings (SSSR count). The van der Waals surface area contributed by atoms with Crippen LogP contribution in [0.2, 0.25) is 5.15 Å². The molecule has 0 aromatic carbocycles. The largest absolute Gasteiger partial charge is 0.468 e. The number of aliphatic hydroxyl groups is 1. The fraction of sp³-hybridized carbons (Fsp3) is 0.500. The van der Waals surface area contributed by atoms with Crippen LogP contribution >= 0.6 is 11.6 Å². The van der Waals surface area contributed by atoms with Gasteiger partial charge in [-0.05, 0) is 11.6 Å². The number of aliphatic hydroxyl groups excluding tert-OH is 1. The molecule has 1 aromatic rings. The highest BCUT2D eigenvalue weighted by Crippen LogP contribution is 2.21. The van der Waals surface area contributed by atoms with E-state index in [4.69, 9.17) is 16.3 Å². The third-order valence-corrected chi connectivity index (χ3v) is 3.25. The maximum Gasteiger partial charge on any atom is 0.323 e. The number of hydrogen-bond donors (Lipinski definition) is 1. The molecular formula is C12H15ClN2O3. The van der Waals surface area contributed by atoms with Crippen LogP contribution in [0.25, 0.3) is 0 Å². The molecule has 1 saturated heterocycles. The molecule has 2 atom stereocenters. The lowest BCUT2D eigenvalue weighted by Gasteiger charge is -2.21. The minimum atomic E-state index is -0.491. The first-order chi connectivity index (χ1) is 8.60. The molecule has 0 radical (unpaired) electrons. The van der Waals surface area contributed by atoms with Gasteiger partial charge >= 0.3 is 5.97 Å². The third-order valence-electron chi connectivity index (χ3n) is 3.03. The van der Waals surface area contributed by atoms with E-state index in [0.29, 0.717) is 24.7 Å². The Hall–Kier alpha value is -1.17. The van der Waals surface area contributed by atoms with Crippen LogP contribution in [0.1, 0.15) is 12.0 Å². The number of β-amino-alcohol motifs (C(OH)–C–C–N with tert-alkyl or cyclic N) is 1. The zero-order valence-electron chi connectivity index (χ0n) is 10.0. The number of aromatic nitrogens is 1. The monoisotopic (exact) mass is 270 g/mol. The van der Waals surface area contributed by atoms with Crippen LogP contribution in [0, 0.1) is 0 Å². The summed E-state index contributed by atoms with van der Waals surface area (Å²) in [4.78, 5) is 17.5. The van der Waals surface area contributed by atoms with Gasteiger partial charge in [-0.1, -0.05) is 17.7 Å². The average Bonchev–Trinajstić information content (AvgIpc) is 2.72. The summed E-state index contributed by atoms with van der Waals surface area (Å²) in [7, 11) is 1.36. The Labute approximate surface area is 110 Å². The van der Waals surface area contributed by atoms with Gasteiger partial charge in [-0.15, -0.1) is 0 Å². The van der Waals surface area contributed by atoms with Gasteiger partial charge < -0.3 is 9.84 Å². The molecule has 0 aliphatic carbocycles. The number of methoxy groups -OCH3 is 1. The zero-order valence-corrected chi connectivity index (χ0v) is 10.8. The molecule has 1 aliphatic rings. The van der Waals surface area contributed by atoms with Gasteiger partial charge in [0.25, 0.3) is 0 Å². The molecule has 98 valence electrons. The van der Waals surface area contributed by atoms with E-state index in [9.17, 15) is 9.90 Å². The number of likely N-dealkylation sites (tertiary alicyclic amines) is 1. The number of esters is 1. The Morgan fingerprint density at radius 2 is 2.44 bits per heavy atom. The van der Waals surface area contributed by atoms with Crippen molar-refractivity contribution in [2.45, 2.75) is 25.1 Å². The van der Waals surface area contributed by atoms with E-state index in [1.807, 2.05) is 11.0 Å². The van der Waals surface area contributed by atoms with Gasteiger partial charge in [0, 0.05) is 25.7 Å². The molecule has 6 heteroatoms. The van der Waals surface area contributed by atoms with Crippen molar-refractivity contribution >= 4 is 17.6 Å². The average molecular weight is 271 g/mol. The van der Waals surface area contributed by atoms with E-state index in [2.05, 4.69) is 4.98 Å². The first-order valence-electron chi connectivity index (χ1n) is 5.70. The number of ether oxygens (including phenoxy) is 1. The second-order valence-electron chi connectivity index (χ2n) is 4.35. The van der Waals surface area contributed by atoms with Crippen LogP contribution in [0.15, 0.2) is 18.3 Å². The van der Waals surface area contributed by atoms with Crippen molar-refractivity contribution < 1.29 is 14.6 Å². The van der Waals surface area contributed by atoms with Gasteiger partial charge in [0.2, 0.25) is 0 Å². The highest BCUT2D eigenvalue weighted by Gasteiger charge is 2.36. The minimum Gasteiger partial charge on any atom is -0.468 e. The quantitative estimate of drug-likeness (QED) is 0.652. The van der Waals surface area contributed by atoms with Crippen molar-refractivity contribution in [2.24, 2.45) is 0 Å². The maximum absolute atomic E-state index is 11.6. The van der Waals surface area contributed by atoms with Crippen molar-refractivity contribution in [1.29, 1.82) is 0 Å². The van der Waals surface area contributed by atoms with E-state index < -0.39 is 6.10 Å². The molecule has 18 heavy (non-hydrogen) atoms. The number of hydrogen-bond acceptors (Lipinski definition) is 5. The number of rotatable bonds is 3. The Bertz CT molecular complexity index is 424. The summed E-state index contributed by atoms with van der Waals surface area (Å²) in [5, 5.41) is 10.1. The Morgan fingerprint density at radius 1 is 1.67 bits per heavy atom. The molecule has 1 fully saturated rings. The van der Waals surface area contributed by atoms with Gasteiger partial charge in [-0.2, -0.15) is 0 Å². The van der Waals surface area contributed by atoms with Crippen LogP contribution in [0.3, 0.4) is 0 Å². The predicted octanol–water partition coefficient (Wildman–Crippen LogP) is 0.843. The van der Waals surface area contributed by atoms with Gasteiger partial charge in [-0.3, -0.25) is 9.69 Å². The summed E-state index contributed by atoms with van der Waals surface area (Å²) in [6, 6.07) is 3.17. The van der Waals surface area contributed by atoms with E-state index in [-0.39, 0.29) is 12.0 Å². The standard InChI is InChI=1S/C12H15ClN2O3/c1-18-12(17)10-4-9(16)7-15(10)6-8-2-3-11(13)14-5-8/h2-3,5,9-10,16H,4,6-7H2,1H3. The van der Waals surface area contributed by atoms with Crippen LogP contribution in [-0.2, 0) is 16.1 Å². The number of carbonyl (C=O) groups is 1.